The maximum atomic E-state index is 14.0. The number of aromatic nitrogens is 1. The number of ether oxygens (including phenoxy) is 1. The van der Waals surface area contributed by atoms with Gasteiger partial charge in [0, 0.05) is 16.1 Å². The van der Waals surface area contributed by atoms with Crippen molar-refractivity contribution in [1.29, 1.82) is 0 Å². The molecule has 0 saturated heterocycles. The molecule has 0 atom stereocenters. The molecule has 0 saturated carbocycles. The molecule has 4 rings (SSSR count). The SMILES string of the molecule is CCN(Oc1ccc(Cl)cc1Cl)C(=O)c1c(-c2ccc(CC(=O)O)cc2Cl)noc1-c1cccc(OC)c1. The molecule has 38 heavy (non-hydrogen) atoms. The first kappa shape index (κ1) is 27.3. The molecule has 4 aromatic rings. The number of rotatable bonds is 9. The lowest BCUT2D eigenvalue weighted by Crippen LogP contribution is -2.34. The molecular weight excluding hydrogens is 555 g/mol. The minimum Gasteiger partial charge on any atom is -0.497 e. The fraction of sp³-hybridized carbons (Fsp3) is 0.148. The maximum absolute atomic E-state index is 14.0. The summed E-state index contributed by atoms with van der Waals surface area (Å²) >= 11 is 18.8. The lowest BCUT2D eigenvalue weighted by atomic mass is 10.00. The Labute approximate surface area is 233 Å². The van der Waals surface area contributed by atoms with Crippen LogP contribution in [-0.2, 0) is 11.2 Å². The number of nitrogens with zero attached hydrogens (tertiary/aromatic N) is 2. The van der Waals surface area contributed by atoms with Crippen LogP contribution in [0.4, 0.5) is 0 Å². The van der Waals surface area contributed by atoms with Crippen LogP contribution >= 0.6 is 34.8 Å². The molecule has 1 aromatic heterocycles. The van der Waals surface area contributed by atoms with Gasteiger partial charge in [-0.05, 0) is 48.9 Å². The minimum absolute atomic E-state index is 0.0815. The minimum atomic E-state index is -0.997. The van der Waals surface area contributed by atoms with Gasteiger partial charge in [0.1, 0.15) is 17.0 Å². The zero-order chi connectivity index (χ0) is 27.4. The van der Waals surface area contributed by atoms with Crippen molar-refractivity contribution < 1.29 is 28.8 Å². The topological polar surface area (TPSA) is 102 Å². The van der Waals surface area contributed by atoms with Gasteiger partial charge in [-0.2, -0.15) is 5.06 Å². The summed E-state index contributed by atoms with van der Waals surface area (Å²) in [5.74, 6) is -0.630. The van der Waals surface area contributed by atoms with Crippen LogP contribution in [0.5, 0.6) is 11.5 Å². The third-order valence-electron chi connectivity index (χ3n) is 5.50. The number of hydrogen-bond acceptors (Lipinski definition) is 6. The monoisotopic (exact) mass is 574 g/mol. The fourth-order valence-corrected chi connectivity index (χ4v) is 4.45. The van der Waals surface area contributed by atoms with Crippen LogP contribution in [-0.4, -0.2) is 40.9 Å². The summed E-state index contributed by atoms with van der Waals surface area (Å²) in [7, 11) is 1.53. The average Bonchev–Trinajstić information content (AvgIpc) is 3.32. The summed E-state index contributed by atoms with van der Waals surface area (Å²) in [6.07, 6.45) is -0.209. The van der Waals surface area contributed by atoms with Gasteiger partial charge in [-0.3, -0.25) is 9.59 Å². The predicted octanol–water partition coefficient (Wildman–Crippen LogP) is 7.06. The van der Waals surface area contributed by atoms with E-state index in [0.717, 1.165) is 5.06 Å². The molecule has 0 bridgehead atoms. The highest BCUT2D eigenvalue weighted by Crippen LogP contribution is 2.38. The summed E-state index contributed by atoms with van der Waals surface area (Å²) in [5.41, 5.74) is 1.64. The van der Waals surface area contributed by atoms with Gasteiger partial charge in [0.25, 0.3) is 5.91 Å². The standard InChI is InChI=1S/C27H21Cl3N2O6/c1-3-32(38-22-10-8-17(28)14-21(22)30)27(35)24-25(19-9-7-15(11-20(19)29)12-23(33)34)31-37-26(24)16-5-4-6-18(13-16)36-2/h4-11,13-14H,3,12H2,1-2H3,(H,33,34). The number of aliphatic carboxylic acids is 1. The second kappa shape index (κ2) is 11.8. The van der Waals surface area contributed by atoms with E-state index in [9.17, 15) is 9.59 Å². The summed E-state index contributed by atoms with van der Waals surface area (Å²) in [6, 6.07) is 16.3. The predicted molar refractivity (Wildman–Crippen MR) is 144 cm³/mol. The lowest BCUT2D eigenvalue weighted by molar-refractivity contribution is -0.136. The van der Waals surface area contributed by atoms with E-state index < -0.39 is 11.9 Å². The number of carbonyl (C=O) groups is 2. The Morgan fingerprint density at radius 1 is 1.03 bits per heavy atom. The van der Waals surface area contributed by atoms with Crippen molar-refractivity contribution >= 4 is 46.7 Å². The number of hydroxylamine groups is 2. The number of hydrogen-bond donors (Lipinski definition) is 1. The van der Waals surface area contributed by atoms with Crippen molar-refractivity contribution in [1.82, 2.24) is 10.2 Å². The quantitative estimate of drug-likeness (QED) is 0.213. The van der Waals surface area contributed by atoms with Gasteiger partial charge in [0.15, 0.2) is 11.5 Å². The van der Waals surface area contributed by atoms with Gasteiger partial charge >= 0.3 is 5.97 Å². The third kappa shape index (κ3) is 5.88. The Balaban J connectivity index is 1.83. The summed E-state index contributed by atoms with van der Waals surface area (Å²) in [5, 5.41) is 15.2. The van der Waals surface area contributed by atoms with Crippen LogP contribution in [0.15, 0.2) is 65.2 Å². The molecule has 8 nitrogen and oxygen atoms in total. The molecule has 196 valence electrons. The highest BCUT2D eigenvalue weighted by molar-refractivity contribution is 6.35. The van der Waals surface area contributed by atoms with Crippen LogP contribution in [0.1, 0.15) is 22.8 Å². The number of carboxylic acid groups (broad SMARTS) is 1. The van der Waals surface area contributed by atoms with Crippen LogP contribution in [0.2, 0.25) is 15.1 Å². The van der Waals surface area contributed by atoms with Gasteiger partial charge in [0.05, 0.1) is 30.1 Å². The largest absolute Gasteiger partial charge is 0.497 e. The van der Waals surface area contributed by atoms with Gasteiger partial charge in [-0.25, -0.2) is 0 Å². The highest BCUT2D eigenvalue weighted by Gasteiger charge is 2.31. The number of carbonyl (C=O) groups excluding carboxylic acids is 1. The van der Waals surface area contributed by atoms with Gasteiger partial charge in [0.2, 0.25) is 0 Å². The molecule has 0 unspecified atom stereocenters. The van der Waals surface area contributed by atoms with Crippen molar-refractivity contribution in [3.05, 3.63) is 86.9 Å². The van der Waals surface area contributed by atoms with Crippen LogP contribution in [0.25, 0.3) is 22.6 Å². The molecule has 0 aliphatic rings. The van der Waals surface area contributed by atoms with Gasteiger partial charge in [-0.1, -0.05) is 64.2 Å². The molecule has 11 heteroatoms. The van der Waals surface area contributed by atoms with E-state index in [1.807, 2.05) is 0 Å². The van der Waals surface area contributed by atoms with E-state index >= 15 is 0 Å². The first-order valence-corrected chi connectivity index (χ1v) is 12.4. The summed E-state index contributed by atoms with van der Waals surface area (Å²) in [6.45, 7) is 1.87. The molecule has 0 aliphatic heterocycles. The van der Waals surface area contributed by atoms with Crippen molar-refractivity contribution in [3.8, 4) is 34.1 Å². The third-order valence-corrected chi connectivity index (χ3v) is 6.34. The second-order valence-electron chi connectivity index (χ2n) is 8.02. The lowest BCUT2D eigenvalue weighted by Gasteiger charge is -2.22. The average molecular weight is 576 g/mol. The maximum Gasteiger partial charge on any atom is 0.307 e. The van der Waals surface area contributed by atoms with Gasteiger partial charge < -0.3 is 19.2 Å². The fourth-order valence-electron chi connectivity index (χ4n) is 3.71. The van der Waals surface area contributed by atoms with E-state index in [1.54, 1.807) is 55.5 Å². The van der Waals surface area contributed by atoms with Crippen molar-refractivity contribution in [2.75, 3.05) is 13.7 Å². The number of methoxy groups -OCH3 is 1. The Kier molecular flexibility index (Phi) is 8.46. The summed E-state index contributed by atoms with van der Waals surface area (Å²) < 4.78 is 11.0. The first-order chi connectivity index (χ1) is 18.2. The molecular formula is C27H21Cl3N2O6. The van der Waals surface area contributed by atoms with Crippen LogP contribution < -0.4 is 9.57 Å². The summed E-state index contributed by atoms with van der Waals surface area (Å²) in [4.78, 5) is 31.0. The zero-order valence-corrected chi connectivity index (χ0v) is 22.5. The van der Waals surface area contributed by atoms with E-state index in [4.69, 9.17) is 54.0 Å². The Morgan fingerprint density at radius 2 is 1.82 bits per heavy atom. The Bertz CT molecular complexity index is 1500. The van der Waals surface area contributed by atoms with Gasteiger partial charge in [-0.15, -0.1) is 0 Å². The van der Waals surface area contributed by atoms with E-state index in [0.29, 0.717) is 27.5 Å². The Hall–Kier alpha value is -3.72. The van der Waals surface area contributed by atoms with E-state index in [-0.39, 0.29) is 45.8 Å². The van der Waals surface area contributed by atoms with Crippen LogP contribution in [0, 0.1) is 0 Å². The smallest absolute Gasteiger partial charge is 0.307 e. The zero-order valence-electron chi connectivity index (χ0n) is 20.2. The van der Waals surface area contributed by atoms with Crippen molar-refractivity contribution in [2.24, 2.45) is 0 Å². The van der Waals surface area contributed by atoms with Crippen molar-refractivity contribution in [3.63, 3.8) is 0 Å². The highest BCUT2D eigenvalue weighted by atomic mass is 35.5. The van der Waals surface area contributed by atoms with Crippen LogP contribution in [0.3, 0.4) is 0 Å². The molecule has 0 radical (unpaired) electrons. The number of amides is 1. The molecule has 3 aromatic carbocycles. The molecule has 0 spiro atoms. The molecule has 0 aliphatic carbocycles. The number of benzene rings is 3. The molecule has 1 heterocycles. The first-order valence-electron chi connectivity index (χ1n) is 11.3. The number of carboxylic acids is 1. The second-order valence-corrected chi connectivity index (χ2v) is 9.27. The molecule has 1 amide bonds. The number of halogens is 3. The Morgan fingerprint density at radius 3 is 2.47 bits per heavy atom. The molecule has 0 fully saturated rings. The molecule has 1 N–H and O–H groups in total. The van der Waals surface area contributed by atoms with E-state index in [2.05, 4.69) is 5.16 Å². The normalized spacial score (nSPS) is 10.8. The van der Waals surface area contributed by atoms with Crippen molar-refractivity contribution in [2.45, 2.75) is 13.3 Å². The van der Waals surface area contributed by atoms with E-state index in [1.165, 1.54) is 19.2 Å².